The summed E-state index contributed by atoms with van der Waals surface area (Å²) in [6.07, 6.45) is 0. The number of nitrogens with two attached hydrogens (primary N) is 1. The molecule has 0 atom stereocenters. The van der Waals surface area contributed by atoms with Gasteiger partial charge >= 0.3 is 5.69 Å². The zero-order valence-corrected chi connectivity index (χ0v) is 5.85. The standard InChI is InChI=1S/C5H5N3O4/c6-3-2(1-9)4-7-5(10)8(3)12-11-4/h9H,1,6H2. The van der Waals surface area contributed by atoms with Crippen molar-refractivity contribution in [3.8, 4) is 5.88 Å². The lowest BCUT2D eigenvalue weighted by atomic mass is 10.3. The fraction of sp³-hybridized carbons (Fsp3) is 0.200. The van der Waals surface area contributed by atoms with Crippen molar-refractivity contribution in [2.75, 3.05) is 5.73 Å². The van der Waals surface area contributed by atoms with Gasteiger partial charge in [0, 0.05) is 0 Å². The molecule has 0 fully saturated rings. The monoisotopic (exact) mass is 171 g/mol. The molecule has 3 N–H and O–H groups in total. The van der Waals surface area contributed by atoms with Crippen LogP contribution in [0.2, 0.25) is 0 Å². The lowest BCUT2D eigenvalue weighted by Gasteiger charge is -2.17. The fourth-order valence-corrected chi connectivity index (χ4v) is 0.897. The summed E-state index contributed by atoms with van der Waals surface area (Å²) in [5.41, 5.74) is 4.99. The van der Waals surface area contributed by atoms with Crippen LogP contribution >= 0.6 is 0 Å². The van der Waals surface area contributed by atoms with Gasteiger partial charge in [0.25, 0.3) is 5.88 Å². The van der Waals surface area contributed by atoms with E-state index in [0.717, 1.165) is 0 Å². The van der Waals surface area contributed by atoms with Gasteiger partial charge in [0.05, 0.1) is 12.2 Å². The summed E-state index contributed by atoms with van der Waals surface area (Å²) in [6, 6.07) is 0. The zero-order valence-electron chi connectivity index (χ0n) is 5.85. The first-order valence-corrected chi connectivity index (χ1v) is 3.11. The van der Waals surface area contributed by atoms with E-state index in [-0.39, 0.29) is 23.9 Å². The summed E-state index contributed by atoms with van der Waals surface area (Å²) in [6.45, 7) is -0.349. The van der Waals surface area contributed by atoms with Crippen molar-refractivity contribution in [3.63, 3.8) is 0 Å². The molecule has 0 saturated carbocycles. The van der Waals surface area contributed by atoms with Crippen molar-refractivity contribution in [2.45, 2.75) is 6.61 Å². The molecule has 0 unspecified atom stereocenters. The summed E-state index contributed by atoms with van der Waals surface area (Å²) in [5.74, 6) is -0.0683. The van der Waals surface area contributed by atoms with Crippen molar-refractivity contribution in [2.24, 2.45) is 0 Å². The normalized spacial score (nSPS) is 12.4. The van der Waals surface area contributed by atoms with E-state index in [0.29, 0.717) is 4.73 Å². The molecule has 0 saturated heterocycles. The highest BCUT2D eigenvalue weighted by molar-refractivity contribution is 5.45. The summed E-state index contributed by atoms with van der Waals surface area (Å²) >= 11 is 0. The summed E-state index contributed by atoms with van der Waals surface area (Å²) in [7, 11) is 0. The molecule has 2 bridgehead atoms. The molecule has 3 heterocycles. The molecule has 7 heteroatoms. The summed E-state index contributed by atoms with van der Waals surface area (Å²) in [4.78, 5) is 23.1. The van der Waals surface area contributed by atoms with Crippen molar-refractivity contribution < 1.29 is 15.0 Å². The Morgan fingerprint density at radius 2 is 2.42 bits per heavy atom. The first-order valence-electron chi connectivity index (χ1n) is 3.11. The van der Waals surface area contributed by atoms with E-state index in [2.05, 4.69) is 14.9 Å². The Morgan fingerprint density at radius 3 is 2.92 bits per heavy atom. The molecule has 2 aliphatic heterocycles. The number of fused-ring (bicyclic) bond motifs is 3. The van der Waals surface area contributed by atoms with E-state index in [1.807, 2.05) is 0 Å². The lowest BCUT2D eigenvalue weighted by Crippen LogP contribution is -2.39. The number of hydrogen-bond acceptors (Lipinski definition) is 6. The number of nitrogens with zero attached hydrogens (tertiary/aromatic N) is 2. The van der Waals surface area contributed by atoms with Crippen LogP contribution in [0.5, 0.6) is 5.88 Å². The van der Waals surface area contributed by atoms with Gasteiger partial charge in [-0.05, 0) is 0 Å². The molecule has 0 radical (unpaired) electrons. The molecule has 0 aliphatic carbocycles. The van der Waals surface area contributed by atoms with Gasteiger partial charge in [0.1, 0.15) is 0 Å². The molecule has 64 valence electrons. The van der Waals surface area contributed by atoms with Gasteiger partial charge in [-0.2, -0.15) is 4.99 Å². The summed E-state index contributed by atoms with van der Waals surface area (Å²) < 4.78 is 0.665. The van der Waals surface area contributed by atoms with Crippen molar-refractivity contribution in [1.29, 1.82) is 0 Å². The Balaban J connectivity index is 2.78. The Morgan fingerprint density at radius 1 is 1.67 bits per heavy atom. The highest BCUT2D eigenvalue weighted by Crippen LogP contribution is 2.22. The highest BCUT2D eigenvalue weighted by Gasteiger charge is 2.23. The number of rotatable bonds is 1. The minimum absolute atomic E-state index is 0.0127. The second-order valence-electron chi connectivity index (χ2n) is 2.17. The van der Waals surface area contributed by atoms with Gasteiger partial charge in [-0.15, -0.1) is 4.98 Å². The van der Waals surface area contributed by atoms with Crippen LogP contribution in [0.1, 0.15) is 5.56 Å². The van der Waals surface area contributed by atoms with Crippen LogP contribution in [-0.4, -0.2) is 14.8 Å². The number of anilines is 1. The fourth-order valence-electron chi connectivity index (χ4n) is 0.897. The molecule has 12 heavy (non-hydrogen) atoms. The van der Waals surface area contributed by atoms with E-state index in [1.54, 1.807) is 0 Å². The Labute approximate surface area is 65.8 Å². The van der Waals surface area contributed by atoms with Crippen LogP contribution in [0.3, 0.4) is 0 Å². The minimum atomic E-state index is -0.661. The molecule has 7 nitrogen and oxygen atoms in total. The molecule has 3 rings (SSSR count). The van der Waals surface area contributed by atoms with Crippen molar-refractivity contribution in [3.05, 3.63) is 16.0 Å². The number of aliphatic hydroxyl groups excluding tert-OH is 1. The third-order valence-electron chi connectivity index (χ3n) is 1.51. The first-order chi connectivity index (χ1) is 5.74. The van der Waals surface area contributed by atoms with Crippen LogP contribution in [0.15, 0.2) is 4.79 Å². The van der Waals surface area contributed by atoms with Crippen LogP contribution in [0.25, 0.3) is 0 Å². The first kappa shape index (κ1) is 6.92. The SMILES string of the molecule is Nc1c(CO)c2nc(=O)n1OO2. The largest absolute Gasteiger partial charge is 0.391 e. The molecule has 0 spiro atoms. The van der Waals surface area contributed by atoms with Crippen LogP contribution < -0.4 is 21.3 Å². The predicted molar refractivity (Wildman–Crippen MR) is 36.0 cm³/mol. The maximum atomic E-state index is 10.9. The topological polar surface area (TPSA) is 99.6 Å². The second kappa shape index (κ2) is 2.11. The summed E-state index contributed by atoms with van der Waals surface area (Å²) in [5, 5.41) is 8.78. The average molecular weight is 171 g/mol. The van der Waals surface area contributed by atoms with E-state index in [4.69, 9.17) is 10.8 Å². The molecular formula is C5H5N3O4. The zero-order chi connectivity index (χ0) is 8.72. The Kier molecular flexibility index (Phi) is 1.22. The van der Waals surface area contributed by atoms with E-state index >= 15 is 0 Å². The van der Waals surface area contributed by atoms with Crippen LogP contribution in [-0.2, 0) is 6.61 Å². The number of aliphatic hydroxyl groups is 1. The minimum Gasteiger partial charge on any atom is -0.391 e. The van der Waals surface area contributed by atoms with Gasteiger partial charge < -0.3 is 10.8 Å². The van der Waals surface area contributed by atoms with Gasteiger partial charge in [-0.1, -0.05) is 4.73 Å². The van der Waals surface area contributed by atoms with Crippen LogP contribution in [0, 0.1) is 0 Å². The van der Waals surface area contributed by atoms with E-state index < -0.39 is 5.69 Å². The maximum absolute atomic E-state index is 10.9. The number of aromatic nitrogens is 2. The highest BCUT2D eigenvalue weighted by atomic mass is 17.3. The second-order valence-corrected chi connectivity index (χ2v) is 2.17. The van der Waals surface area contributed by atoms with Gasteiger partial charge in [-0.3, -0.25) is 0 Å². The molecule has 1 aromatic rings. The van der Waals surface area contributed by atoms with Gasteiger partial charge in [-0.25, -0.2) is 9.68 Å². The molecule has 0 aromatic carbocycles. The third kappa shape index (κ3) is 0.678. The van der Waals surface area contributed by atoms with Crippen molar-refractivity contribution >= 4 is 5.82 Å². The van der Waals surface area contributed by atoms with Crippen LogP contribution in [0.4, 0.5) is 5.82 Å². The molecule has 0 amide bonds. The van der Waals surface area contributed by atoms with E-state index in [1.165, 1.54) is 0 Å². The number of hydrogen-bond donors (Lipinski definition) is 2. The van der Waals surface area contributed by atoms with Gasteiger partial charge in [0.2, 0.25) is 0 Å². The smallest absolute Gasteiger partial charge is 0.389 e. The predicted octanol–water partition coefficient (Wildman–Crippen LogP) is -1.95. The Hall–Kier alpha value is -1.76. The molecule has 2 aliphatic rings. The average Bonchev–Trinajstić information content (AvgIpc) is 2.05. The molecular weight excluding hydrogens is 166 g/mol. The third-order valence-corrected chi connectivity index (χ3v) is 1.51. The number of nitrogen functional groups attached to an aromatic ring is 1. The maximum Gasteiger partial charge on any atom is 0.389 e. The Bertz CT molecular complexity index is 385. The van der Waals surface area contributed by atoms with Gasteiger partial charge in [0.15, 0.2) is 5.82 Å². The molecule has 1 aromatic heterocycles. The van der Waals surface area contributed by atoms with Crippen molar-refractivity contribution in [1.82, 2.24) is 9.71 Å². The quantitative estimate of drug-likeness (QED) is 0.476. The van der Waals surface area contributed by atoms with E-state index in [9.17, 15) is 4.79 Å². The lowest BCUT2D eigenvalue weighted by molar-refractivity contribution is -0.228.